The lowest BCUT2D eigenvalue weighted by Gasteiger charge is -2.31. The van der Waals surface area contributed by atoms with Crippen LogP contribution in [0.2, 0.25) is 0 Å². The Balaban J connectivity index is 1.91. The molecule has 2 heterocycles. The van der Waals surface area contributed by atoms with Gasteiger partial charge in [-0.3, -0.25) is 0 Å². The SMILES string of the molecule is CCCCNC(=O)N1CCC[C@H](c2nc(C(C)C)no2)C1. The van der Waals surface area contributed by atoms with E-state index in [2.05, 4.69) is 22.4 Å². The van der Waals surface area contributed by atoms with Crippen molar-refractivity contribution in [2.75, 3.05) is 19.6 Å². The van der Waals surface area contributed by atoms with Gasteiger partial charge in [-0.05, 0) is 19.3 Å². The number of rotatable bonds is 5. The van der Waals surface area contributed by atoms with Crippen molar-refractivity contribution >= 4 is 6.03 Å². The Bertz CT molecular complexity index is 458. The molecule has 6 heteroatoms. The molecule has 1 atom stereocenters. The molecule has 0 radical (unpaired) electrons. The van der Waals surface area contributed by atoms with Crippen LogP contribution in [0.4, 0.5) is 4.79 Å². The molecule has 1 aliphatic heterocycles. The van der Waals surface area contributed by atoms with Gasteiger partial charge in [0.25, 0.3) is 0 Å². The average molecular weight is 294 g/mol. The van der Waals surface area contributed by atoms with Crippen LogP contribution < -0.4 is 5.32 Å². The van der Waals surface area contributed by atoms with Crippen LogP contribution in [0.25, 0.3) is 0 Å². The molecule has 0 saturated carbocycles. The molecule has 0 unspecified atom stereocenters. The highest BCUT2D eigenvalue weighted by atomic mass is 16.5. The third-order valence-electron chi connectivity index (χ3n) is 3.84. The summed E-state index contributed by atoms with van der Waals surface area (Å²) in [7, 11) is 0. The lowest BCUT2D eigenvalue weighted by atomic mass is 9.98. The number of amides is 2. The van der Waals surface area contributed by atoms with Crippen molar-refractivity contribution in [1.29, 1.82) is 0 Å². The summed E-state index contributed by atoms with van der Waals surface area (Å²) >= 11 is 0. The number of hydrogen-bond acceptors (Lipinski definition) is 4. The first-order chi connectivity index (χ1) is 10.1. The highest BCUT2D eigenvalue weighted by molar-refractivity contribution is 5.74. The van der Waals surface area contributed by atoms with E-state index in [1.165, 1.54) is 0 Å². The lowest BCUT2D eigenvalue weighted by molar-refractivity contribution is 0.172. The van der Waals surface area contributed by atoms with Crippen molar-refractivity contribution in [1.82, 2.24) is 20.4 Å². The van der Waals surface area contributed by atoms with Crippen LogP contribution in [0.1, 0.15) is 70.0 Å². The number of nitrogens with zero attached hydrogens (tertiary/aromatic N) is 3. The average Bonchev–Trinajstić information content (AvgIpc) is 2.97. The molecule has 0 spiro atoms. The number of carbonyl (C=O) groups excluding carboxylic acids is 1. The quantitative estimate of drug-likeness (QED) is 0.848. The van der Waals surface area contributed by atoms with E-state index in [9.17, 15) is 4.79 Å². The molecule has 1 aromatic heterocycles. The maximum absolute atomic E-state index is 12.1. The van der Waals surface area contributed by atoms with Gasteiger partial charge in [-0.15, -0.1) is 0 Å². The molecule has 1 saturated heterocycles. The fourth-order valence-electron chi connectivity index (χ4n) is 2.49. The largest absolute Gasteiger partial charge is 0.339 e. The molecule has 2 amide bonds. The van der Waals surface area contributed by atoms with Gasteiger partial charge in [-0.1, -0.05) is 32.3 Å². The van der Waals surface area contributed by atoms with Gasteiger partial charge in [0.2, 0.25) is 5.89 Å². The third-order valence-corrected chi connectivity index (χ3v) is 3.84. The fourth-order valence-corrected chi connectivity index (χ4v) is 2.49. The Morgan fingerprint density at radius 3 is 3.00 bits per heavy atom. The van der Waals surface area contributed by atoms with E-state index in [-0.39, 0.29) is 17.9 Å². The Kier molecular flexibility index (Phi) is 5.59. The number of urea groups is 1. The Morgan fingerprint density at radius 1 is 1.52 bits per heavy atom. The highest BCUT2D eigenvalue weighted by Gasteiger charge is 2.28. The number of carbonyl (C=O) groups is 1. The first-order valence-corrected chi connectivity index (χ1v) is 7.98. The molecule has 21 heavy (non-hydrogen) atoms. The number of unbranched alkanes of at least 4 members (excludes halogenated alkanes) is 1. The van der Waals surface area contributed by atoms with Gasteiger partial charge in [0.05, 0.1) is 5.92 Å². The van der Waals surface area contributed by atoms with E-state index in [1.807, 2.05) is 18.7 Å². The molecule has 1 aliphatic rings. The Morgan fingerprint density at radius 2 is 2.33 bits per heavy atom. The van der Waals surface area contributed by atoms with Crippen LogP contribution in [0, 0.1) is 0 Å². The molecule has 6 nitrogen and oxygen atoms in total. The van der Waals surface area contributed by atoms with Gasteiger partial charge in [0, 0.05) is 25.6 Å². The summed E-state index contributed by atoms with van der Waals surface area (Å²) in [6.07, 6.45) is 4.08. The topological polar surface area (TPSA) is 71.3 Å². The van der Waals surface area contributed by atoms with Gasteiger partial charge in [-0.2, -0.15) is 4.98 Å². The maximum atomic E-state index is 12.1. The van der Waals surface area contributed by atoms with Gasteiger partial charge >= 0.3 is 6.03 Å². The van der Waals surface area contributed by atoms with Crippen LogP contribution in [0.5, 0.6) is 0 Å². The zero-order valence-electron chi connectivity index (χ0n) is 13.3. The minimum absolute atomic E-state index is 0.0248. The summed E-state index contributed by atoms with van der Waals surface area (Å²) in [5, 5.41) is 6.99. The van der Waals surface area contributed by atoms with E-state index >= 15 is 0 Å². The minimum atomic E-state index is 0.0248. The molecule has 1 aromatic rings. The van der Waals surface area contributed by atoms with Crippen molar-refractivity contribution in [3.8, 4) is 0 Å². The lowest BCUT2D eigenvalue weighted by Crippen LogP contribution is -2.45. The van der Waals surface area contributed by atoms with E-state index in [0.29, 0.717) is 12.4 Å². The van der Waals surface area contributed by atoms with Crippen LogP contribution in [0.3, 0.4) is 0 Å². The van der Waals surface area contributed by atoms with E-state index < -0.39 is 0 Å². The number of nitrogens with one attached hydrogen (secondary N) is 1. The van der Waals surface area contributed by atoms with Crippen molar-refractivity contribution in [3.05, 3.63) is 11.7 Å². The standard InChI is InChI=1S/C15H26N4O2/c1-4-5-8-16-15(20)19-9-6-7-12(10-19)14-17-13(11(2)3)18-21-14/h11-12H,4-10H2,1-3H3,(H,16,20)/t12-/m0/s1. The zero-order chi connectivity index (χ0) is 15.2. The predicted octanol–water partition coefficient (Wildman–Crippen LogP) is 2.88. The predicted molar refractivity (Wildman–Crippen MR) is 80.2 cm³/mol. The molecule has 1 N–H and O–H groups in total. The van der Waals surface area contributed by atoms with Crippen LogP contribution >= 0.6 is 0 Å². The first-order valence-electron chi connectivity index (χ1n) is 7.98. The Hall–Kier alpha value is -1.59. The molecular formula is C15H26N4O2. The molecular weight excluding hydrogens is 268 g/mol. The molecule has 0 aliphatic carbocycles. The summed E-state index contributed by atoms with van der Waals surface area (Å²) in [6, 6.07) is 0.0248. The second kappa shape index (κ2) is 7.43. The van der Waals surface area contributed by atoms with E-state index in [0.717, 1.165) is 44.6 Å². The summed E-state index contributed by atoms with van der Waals surface area (Å²) in [5.41, 5.74) is 0. The molecule has 2 rings (SSSR count). The second-order valence-corrected chi connectivity index (χ2v) is 6.02. The first kappa shape index (κ1) is 15.8. The number of piperidine rings is 1. The molecule has 1 fully saturated rings. The molecule has 118 valence electrons. The zero-order valence-corrected chi connectivity index (χ0v) is 13.3. The minimum Gasteiger partial charge on any atom is -0.339 e. The summed E-state index contributed by atoms with van der Waals surface area (Å²) in [5.74, 6) is 1.84. The number of hydrogen-bond donors (Lipinski definition) is 1. The Labute approximate surface area is 126 Å². The van der Waals surface area contributed by atoms with E-state index in [4.69, 9.17) is 4.52 Å². The monoisotopic (exact) mass is 294 g/mol. The molecule has 0 aromatic carbocycles. The normalized spacial score (nSPS) is 19.0. The van der Waals surface area contributed by atoms with Gasteiger partial charge < -0.3 is 14.7 Å². The summed E-state index contributed by atoms with van der Waals surface area (Å²) in [6.45, 7) is 8.42. The van der Waals surface area contributed by atoms with Crippen molar-refractivity contribution in [3.63, 3.8) is 0 Å². The molecule has 0 bridgehead atoms. The highest BCUT2D eigenvalue weighted by Crippen LogP contribution is 2.26. The van der Waals surface area contributed by atoms with Crippen LogP contribution in [-0.4, -0.2) is 40.7 Å². The second-order valence-electron chi connectivity index (χ2n) is 6.02. The van der Waals surface area contributed by atoms with E-state index in [1.54, 1.807) is 0 Å². The fraction of sp³-hybridized carbons (Fsp3) is 0.800. The van der Waals surface area contributed by atoms with Crippen LogP contribution in [-0.2, 0) is 0 Å². The summed E-state index contributed by atoms with van der Waals surface area (Å²) in [4.78, 5) is 18.4. The van der Waals surface area contributed by atoms with Crippen LogP contribution in [0.15, 0.2) is 4.52 Å². The third kappa shape index (κ3) is 4.19. The number of aromatic nitrogens is 2. The van der Waals surface area contributed by atoms with Crippen molar-refractivity contribution in [2.24, 2.45) is 0 Å². The number of likely N-dealkylation sites (tertiary alicyclic amines) is 1. The smallest absolute Gasteiger partial charge is 0.317 e. The van der Waals surface area contributed by atoms with Crippen molar-refractivity contribution in [2.45, 2.75) is 58.3 Å². The van der Waals surface area contributed by atoms with Gasteiger partial charge in [0.15, 0.2) is 5.82 Å². The maximum Gasteiger partial charge on any atom is 0.317 e. The summed E-state index contributed by atoms with van der Waals surface area (Å²) < 4.78 is 5.37. The van der Waals surface area contributed by atoms with Gasteiger partial charge in [0.1, 0.15) is 0 Å². The van der Waals surface area contributed by atoms with Gasteiger partial charge in [-0.25, -0.2) is 4.79 Å². The van der Waals surface area contributed by atoms with Crippen molar-refractivity contribution < 1.29 is 9.32 Å².